The number of aliphatic hydroxyl groups excluding tert-OH is 1. The minimum atomic E-state index is -0.871. The SMILES string of the molecule is Cc1nn(C)c(C)c1C(O)=C1C(=O)C(=O)N(CCCN2CCOCC2)[C@@H]1c1cccc(F)c1. The van der Waals surface area contributed by atoms with Crippen molar-refractivity contribution >= 4 is 17.4 Å². The van der Waals surface area contributed by atoms with Crippen molar-refractivity contribution in [2.75, 3.05) is 39.4 Å². The number of ketones is 1. The number of ether oxygens (including phenoxy) is 1. The Morgan fingerprint density at radius 2 is 1.94 bits per heavy atom. The number of carbonyl (C=O) groups excluding carboxylic acids is 2. The van der Waals surface area contributed by atoms with Crippen LogP contribution in [0.5, 0.6) is 0 Å². The van der Waals surface area contributed by atoms with Gasteiger partial charge in [0.1, 0.15) is 11.6 Å². The van der Waals surface area contributed by atoms with Crippen molar-refractivity contribution in [1.29, 1.82) is 0 Å². The fourth-order valence-corrected chi connectivity index (χ4v) is 4.67. The predicted molar refractivity (Wildman–Crippen MR) is 120 cm³/mol. The summed E-state index contributed by atoms with van der Waals surface area (Å²) in [6.07, 6.45) is 0.643. The Hall–Kier alpha value is -3.04. The zero-order chi connectivity index (χ0) is 23.7. The summed E-state index contributed by atoms with van der Waals surface area (Å²) >= 11 is 0. The highest BCUT2D eigenvalue weighted by atomic mass is 19.1. The minimum Gasteiger partial charge on any atom is -0.507 e. The highest BCUT2D eigenvalue weighted by molar-refractivity contribution is 6.46. The molecule has 1 amide bonds. The van der Waals surface area contributed by atoms with Crippen molar-refractivity contribution in [3.05, 3.63) is 58.2 Å². The standard InChI is InChI=1S/C24H29FN4O4/c1-15-19(16(2)27(3)26-15)22(30)20-21(17-6-4-7-18(25)14-17)29(24(32)23(20)31)9-5-8-28-10-12-33-13-11-28/h4,6-7,14,21,30H,5,8-13H2,1-3H3/t21-/m1/s1. The van der Waals surface area contributed by atoms with Crippen LogP contribution in [0.25, 0.3) is 5.76 Å². The molecular formula is C24H29FN4O4. The number of aryl methyl sites for hydroxylation is 2. The summed E-state index contributed by atoms with van der Waals surface area (Å²) in [7, 11) is 1.74. The molecule has 1 atom stereocenters. The van der Waals surface area contributed by atoms with Gasteiger partial charge in [-0.3, -0.25) is 19.2 Å². The monoisotopic (exact) mass is 456 g/mol. The van der Waals surface area contributed by atoms with E-state index in [0.717, 1.165) is 19.6 Å². The molecule has 1 N–H and O–H groups in total. The van der Waals surface area contributed by atoms with Crippen LogP contribution in [-0.4, -0.2) is 75.8 Å². The van der Waals surface area contributed by atoms with Crippen molar-refractivity contribution in [2.45, 2.75) is 26.3 Å². The van der Waals surface area contributed by atoms with E-state index < -0.39 is 23.5 Å². The molecule has 0 aliphatic carbocycles. The molecule has 2 fully saturated rings. The molecule has 1 aromatic carbocycles. The van der Waals surface area contributed by atoms with E-state index in [1.165, 1.54) is 17.0 Å². The molecule has 2 aromatic rings. The topological polar surface area (TPSA) is 87.9 Å². The molecule has 0 unspecified atom stereocenters. The lowest BCUT2D eigenvalue weighted by Crippen LogP contribution is -2.39. The van der Waals surface area contributed by atoms with Gasteiger partial charge in [0.2, 0.25) is 0 Å². The maximum Gasteiger partial charge on any atom is 0.295 e. The molecule has 2 aliphatic rings. The Bertz CT molecular complexity index is 1100. The number of carbonyl (C=O) groups is 2. The molecule has 176 valence electrons. The first-order chi connectivity index (χ1) is 15.8. The van der Waals surface area contributed by atoms with Gasteiger partial charge in [0.15, 0.2) is 0 Å². The van der Waals surface area contributed by atoms with E-state index in [4.69, 9.17) is 4.74 Å². The first-order valence-electron chi connectivity index (χ1n) is 11.1. The van der Waals surface area contributed by atoms with Gasteiger partial charge in [0.25, 0.3) is 11.7 Å². The lowest BCUT2D eigenvalue weighted by Gasteiger charge is -2.29. The van der Waals surface area contributed by atoms with Gasteiger partial charge >= 0.3 is 0 Å². The molecule has 4 rings (SSSR count). The summed E-state index contributed by atoms with van der Waals surface area (Å²) in [5, 5.41) is 15.6. The number of aromatic nitrogens is 2. The Morgan fingerprint density at radius 3 is 2.58 bits per heavy atom. The Kier molecular flexibility index (Phi) is 6.62. The van der Waals surface area contributed by atoms with Gasteiger partial charge in [-0.15, -0.1) is 0 Å². The molecule has 2 saturated heterocycles. The van der Waals surface area contributed by atoms with Crippen LogP contribution in [-0.2, 0) is 21.4 Å². The molecule has 2 aliphatic heterocycles. The molecule has 8 nitrogen and oxygen atoms in total. The van der Waals surface area contributed by atoms with E-state index in [1.54, 1.807) is 37.7 Å². The fourth-order valence-electron chi connectivity index (χ4n) is 4.67. The van der Waals surface area contributed by atoms with Crippen molar-refractivity contribution in [1.82, 2.24) is 19.6 Å². The van der Waals surface area contributed by atoms with Crippen LogP contribution in [0.15, 0.2) is 29.8 Å². The normalized spacial score (nSPS) is 21.2. The molecule has 0 bridgehead atoms. The average molecular weight is 457 g/mol. The van der Waals surface area contributed by atoms with Gasteiger partial charge in [0, 0.05) is 38.9 Å². The third-order valence-electron chi connectivity index (χ3n) is 6.43. The van der Waals surface area contributed by atoms with E-state index in [1.807, 2.05) is 0 Å². The molecule has 33 heavy (non-hydrogen) atoms. The van der Waals surface area contributed by atoms with Crippen LogP contribution in [0.1, 0.15) is 35.0 Å². The van der Waals surface area contributed by atoms with E-state index in [0.29, 0.717) is 48.7 Å². The number of rotatable bonds is 6. The molecular weight excluding hydrogens is 427 g/mol. The quantitative estimate of drug-likeness (QED) is 0.408. The molecule has 3 heterocycles. The fraction of sp³-hybridized carbons (Fsp3) is 0.458. The summed E-state index contributed by atoms with van der Waals surface area (Å²) in [5.41, 5.74) is 2.05. The lowest BCUT2D eigenvalue weighted by atomic mass is 9.94. The summed E-state index contributed by atoms with van der Waals surface area (Å²) < 4.78 is 21.1. The van der Waals surface area contributed by atoms with Crippen LogP contribution in [0.4, 0.5) is 4.39 Å². The first kappa shape index (κ1) is 23.1. The van der Waals surface area contributed by atoms with Crippen molar-refractivity contribution in [3.63, 3.8) is 0 Å². The highest BCUT2D eigenvalue weighted by Crippen LogP contribution is 2.40. The zero-order valence-corrected chi connectivity index (χ0v) is 19.2. The highest BCUT2D eigenvalue weighted by Gasteiger charge is 2.46. The Labute approximate surface area is 192 Å². The van der Waals surface area contributed by atoms with Crippen molar-refractivity contribution < 1.29 is 23.8 Å². The molecule has 9 heteroatoms. The number of hydrogen-bond donors (Lipinski definition) is 1. The van der Waals surface area contributed by atoms with E-state index in [2.05, 4.69) is 10.00 Å². The van der Waals surface area contributed by atoms with Crippen LogP contribution >= 0.6 is 0 Å². The first-order valence-corrected chi connectivity index (χ1v) is 11.1. The lowest BCUT2D eigenvalue weighted by molar-refractivity contribution is -0.140. The molecule has 0 saturated carbocycles. The number of nitrogens with zero attached hydrogens (tertiary/aromatic N) is 4. The van der Waals surface area contributed by atoms with Crippen LogP contribution < -0.4 is 0 Å². The van der Waals surface area contributed by atoms with Gasteiger partial charge in [-0.05, 0) is 38.0 Å². The smallest absolute Gasteiger partial charge is 0.295 e. The largest absolute Gasteiger partial charge is 0.507 e. The number of Topliss-reactive ketones (excluding diaryl/α,β-unsaturated/α-hetero) is 1. The zero-order valence-electron chi connectivity index (χ0n) is 19.2. The van der Waals surface area contributed by atoms with Crippen LogP contribution in [0.3, 0.4) is 0 Å². The Balaban J connectivity index is 1.72. The van der Waals surface area contributed by atoms with Crippen LogP contribution in [0, 0.1) is 19.7 Å². The molecule has 0 radical (unpaired) electrons. The third-order valence-corrected chi connectivity index (χ3v) is 6.43. The van der Waals surface area contributed by atoms with Crippen LogP contribution in [0.2, 0.25) is 0 Å². The van der Waals surface area contributed by atoms with E-state index >= 15 is 0 Å². The summed E-state index contributed by atoms with van der Waals surface area (Å²) in [6, 6.07) is 4.96. The summed E-state index contributed by atoms with van der Waals surface area (Å²) in [6.45, 7) is 7.59. The van der Waals surface area contributed by atoms with Gasteiger partial charge in [0.05, 0.1) is 36.1 Å². The number of hydrogen-bond acceptors (Lipinski definition) is 6. The van der Waals surface area contributed by atoms with Gasteiger partial charge in [-0.25, -0.2) is 4.39 Å². The van der Waals surface area contributed by atoms with Crippen molar-refractivity contribution in [3.8, 4) is 0 Å². The average Bonchev–Trinajstić information content (AvgIpc) is 3.20. The number of likely N-dealkylation sites (tertiary alicyclic amines) is 1. The molecule has 0 spiro atoms. The number of amides is 1. The second-order valence-corrected chi connectivity index (χ2v) is 8.52. The molecule has 1 aromatic heterocycles. The number of benzene rings is 1. The number of halogens is 1. The minimum absolute atomic E-state index is 0.0313. The Morgan fingerprint density at radius 1 is 1.21 bits per heavy atom. The van der Waals surface area contributed by atoms with E-state index in [9.17, 15) is 19.1 Å². The maximum atomic E-state index is 14.1. The second-order valence-electron chi connectivity index (χ2n) is 8.52. The number of aliphatic hydroxyl groups is 1. The van der Waals surface area contributed by atoms with E-state index in [-0.39, 0.29) is 11.3 Å². The third kappa shape index (κ3) is 4.43. The van der Waals surface area contributed by atoms with Crippen molar-refractivity contribution in [2.24, 2.45) is 7.05 Å². The second kappa shape index (κ2) is 9.44. The maximum absolute atomic E-state index is 14.1. The number of morpholine rings is 1. The van der Waals surface area contributed by atoms with Gasteiger partial charge < -0.3 is 14.7 Å². The predicted octanol–water partition coefficient (Wildman–Crippen LogP) is 2.32. The summed E-state index contributed by atoms with van der Waals surface area (Å²) in [5.74, 6) is -2.20. The van der Waals surface area contributed by atoms with Gasteiger partial charge in [-0.2, -0.15) is 5.10 Å². The summed E-state index contributed by atoms with van der Waals surface area (Å²) in [4.78, 5) is 29.9. The van der Waals surface area contributed by atoms with Gasteiger partial charge in [-0.1, -0.05) is 12.1 Å².